The lowest BCUT2D eigenvalue weighted by atomic mass is 9.89. The highest BCUT2D eigenvalue weighted by molar-refractivity contribution is 7.86. The minimum atomic E-state index is -3.85. The third-order valence-corrected chi connectivity index (χ3v) is 5.66. The van der Waals surface area contributed by atoms with Gasteiger partial charge in [0.15, 0.2) is 0 Å². The van der Waals surface area contributed by atoms with E-state index in [2.05, 4.69) is 13.8 Å². The van der Waals surface area contributed by atoms with E-state index in [4.69, 9.17) is 8.92 Å². The molecule has 1 rings (SSSR count). The van der Waals surface area contributed by atoms with Gasteiger partial charge in [0, 0.05) is 6.61 Å². The lowest BCUT2D eigenvalue weighted by Gasteiger charge is -2.23. The number of hydrogen-bond acceptors (Lipinski definition) is 4. The predicted molar refractivity (Wildman–Crippen MR) is 103 cm³/mol. The van der Waals surface area contributed by atoms with E-state index in [9.17, 15) is 8.42 Å². The van der Waals surface area contributed by atoms with Gasteiger partial charge in [-0.3, -0.25) is 4.18 Å². The molecule has 0 spiro atoms. The molecule has 0 bridgehead atoms. The molecule has 0 N–H and O–H groups in total. The van der Waals surface area contributed by atoms with Gasteiger partial charge < -0.3 is 4.74 Å². The van der Waals surface area contributed by atoms with Crippen LogP contribution in [0.2, 0.25) is 0 Å². The van der Waals surface area contributed by atoms with Crippen LogP contribution in [-0.4, -0.2) is 27.7 Å². The predicted octanol–water partition coefficient (Wildman–Crippen LogP) is 5.19. The fourth-order valence-electron chi connectivity index (χ4n) is 2.76. The Bertz CT molecular complexity index is 631. The Labute approximate surface area is 154 Å². The standard InChI is InChI=1S/C20H34O4S/c1-9-23-16(8)12-24-25(21,22)20-18(14(4)5)10-17(13(2)3)11-19(20)15(6)7/h10-11,13-16H,9,12H2,1-8H3. The molecule has 1 aromatic rings. The summed E-state index contributed by atoms with van der Waals surface area (Å²) in [7, 11) is -3.85. The molecule has 0 fully saturated rings. The number of ether oxygens (including phenoxy) is 1. The van der Waals surface area contributed by atoms with Crippen LogP contribution in [0.5, 0.6) is 0 Å². The average molecular weight is 371 g/mol. The van der Waals surface area contributed by atoms with E-state index in [1.807, 2.05) is 53.7 Å². The zero-order valence-electron chi connectivity index (χ0n) is 16.9. The monoisotopic (exact) mass is 370 g/mol. The van der Waals surface area contributed by atoms with Crippen molar-refractivity contribution in [2.75, 3.05) is 13.2 Å². The summed E-state index contributed by atoms with van der Waals surface area (Å²) in [6.07, 6.45) is -0.264. The maximum Gasteiger partial charge on any atom is 0.297 e. The van der Waals surface area contributed by atoms with Crippen LogP contribution < -0.4 is 0 Å². The van der Waals surface area contributed by atoms with Crippen LogP contribution in [0.3, 0.4) is 0 Å². The van der Waals surface area contributed by atoms with Crippen LogP contribution in [-0.2, 0) is 19.0 Å². The number of benzene rings is 1. The molecule has 0 heterocycles. The van der Waals surface area contributed by atoms with Crippen LogP contribution in [0.25, 0.3) is 0 Å². The highest BCUT2D eigenvalue weighted by Gasteiger charge is 2.28. The van der Waals surface area contributed by atoms with Gasteiger partial charge in [0.2, 0.25) is 0 Å². The first-order chi connectivity index (χ1) is 11.5. The maximum atomic E-state index is 13.0. The van der Waals surface area contributed by atoms with Gasteiger partial charge in [0.25, 0.3) is 10.1 Å². The van der Waals surface area contributed by atoms with E-state index in [0.29, 0.717) is 17.4 Å². The van der Waals surface area contributed by atoms with Gasteiger partial charge in [0.1, 0.15) is 4.90 Å². The zero-order chi connectivity index (χ0) is 19.4. The Hall–Kier alpha value is -0.910. The van der Waals surface area contributed by atoms with Crippen LogP contribution in [0.1, 0.15) is 89.8 Å². The minimum Gasteiger partial charge on any atom is -0.376 e. The van der Waals surface area contributed by atoms with Crippen molar-refractivity contribution < 1.29 is 17.3 Å². The highest BCUT2D eigenvalue weighted by atomic mass is 32.2. The Morgan fingerprint density at radius 3 is 1.72 bits per heavy atom. The van der Waals surface area contributed by atoms with Crippen LogP contribution in [0.15, 0.2) is 17.0 Å². The van der Waals surface area contributed by atoms with Crippen molar-refractivity contribution in [1.29, 1.82) is 0 Å². The molecule has 25 heavy (non-hydrogen) atoms. The fraction of sp³-hybridized carbons (Fsp3) is 0.700. The summed E-state index contributed by atoms with van der Waals surface area (Å²) in [5.74, 6) is 0.522. The van der Waals surface area contributed by atoms with Crippen molar-refractivity contribution in [2.45, 2.75) is 84.1 Å². The Kier molecular flexibility index (Phi) is 8.10. The van der Waals surface area contributed by atoms with E-state index < -0.39 is 10.1 Å². The van der Waals surface area contributed by atoms with Crippen molar-refractivity contribution in [3.8, 4) is 0 Å². The summed E-state index contributed by atoms with van der Waals surface area (Å²) in [6.45, 7) is 16.6. The molecule has 0 radical (unpaired) electrons. The molecule has 4 nitrogen and oxygen atoms in total. The lowest BCUT2D eigenvalue weighted by molar-refractivity contribution is 0.0419. The summed E-state index contributed by atoms with van der Waals surface area (Å²) in [6, 6.07) is 4.03. The van der Waals surface area contributed by atoms with Crippen molar-refractivity contribution >= 4 is 10.1 Å². The first-order valence-corrected chi connectivity index (χ1v) is 10.6. The smallest absolute Gasteiger partial charge is 0.297 e. The van der Waals surface area contributed by atoms with Gasteiger partial charge in [-0.1, -0.05) is 53.7 Å². The van der Waals surface area contributed by atoms with Gasteiger partial charge in [-0.15, -0.1) is 0 Å². The lowest BCUT2D eigenvalue weighted by Crippen LogP contribution is -2.21. The molecule has 0 aliphatic heterocycles. The van der Waals surface area contributed by atoms with E-state index in [1.54, 1.807) is 0 Å². The Morgan fingerprint density at radius 1 is 0.880 bits per heavy atom. The summed E-state index contributed by atoms with van der Waals surface area (Å²) in [4.78, 5) is 0.339. The third-order valence-electron chi connectivity index (χ3n) is 4.24. The van der Waals surface area contributed by atoms with Crippen molar-refractivity contribution in [3.63, 3.8) is 0 Å². The number of hydrogen-bond donors (Lipinski definition) is 0. The first-order valence-electron chi connectivity index (χ1n) is 9.19. The summed E-state index contributed by atoms with van der Waals surface area (Å²) in [5.41, 5.74) is 2.83. The van der Waals surface area contributed by atoms with E-state index in [-0.39, 0.29) is 24.5 Å². The van der Waals surface area contributed by atoms with E-state index >= 15 is 0 Å². The van der Waals surface area contributed by atoms with Gasteiger partial charge in [-0.25, -0.2) is 0 Å². The molecule has 1 aromatic carbocycles. The highest BCUT2D eigenvalue weighted by Crippen LogP contribution is 2.35. The molecule has 0 amide bonds. The topological polar surface area (TPSA) is 52.6 Å². The second-order valence-electron chi connectivity index (χ2n) is 7.50. The molecule has 0 saturated heterocycles. The van der Waals surface area contributed by atoms with E-state index in [0.717, 1.165) is 16.7 Å². The molecule has 0 aliphatic carbocycles. The van der Waals surface area contributed by atoms with Gasteiger partial charge in [-0.2, -0.15) is 8.42 Å². The molecular formula is C20H34O4S. The molecule has 144 valence electrons. The summed E-state index contributed by atoms with van der Waals surface area (Å²) in [5, 5.41) is 0. The molecule has 1 atom stereocenters. The first kappa shape index (κ1) is 22.1. The van der Waals surface area contributed by atoms with Gasteiger partial charge in [0.05, 0.1) is 12.7 Å². The second kappa shape index (κ2) is 9.15. The Morgan fingerprint density at radius 2 is 1.36 bits per heavy atom. The van der Waals surface area contributed by atoms with Gasteiger partial charge >= 0.3 is 0 Å². The normalized spacial score (nSPS) is 13.9. The number of rotatable bonds is 9. The molecule has 5 heteroatoms. The third kappa shape index (κ3) is 5.80. The van der Waals surface area contributed by atoms with Crippen molar-refractivity contribution in [2.24, 2.45) is 0 Å². The van der Waals surface area contributed by atoms with Crippen LogP contribution in [0.4, 0.5) is 0 Å². The second-order valence-corrected chi connectivity index (χ2v) is 9.05. The summed E-state index contributed by atoms with van der Waals surface area (Å²) < 4.78 is 36.7. The van der Waals surface area contributed by atoms with Crippen molar-refractivity contribution in [1.82, 2.24) is 0 Å². The molecule has 0 saturated carbocycles. The largest absolute Gasteiger partial charge is 0.376 e. The SMILES string of the molecule is CCOC(C)COS(=O)(=O)c1c(C(C)C)cc(C(C)C)cc1C(C)C. The molecule has 0 aliphatic rings. The maximum absolute atomic E-state index is 13.0. The van der Waals surface area contributed by atoms with Crippen molar-refractivity contribution in [3.05, 3.63) is 28.8 Å². The van der Waals surface area contributed by atoms with Gasteiger partial charge in [-0.05, 0) is 48.3 Å². The molecule has 1 unspecified atom stereocenters. The molecule has 0 aromatic heterocycles. The van der Waals surface area contributed by atoms with Crippen LogP contribution in [0, 0.1) is 0 Å². The zero-order valence-corrected chi connectivity index (χ0v) is 17.7. The van der Waals surface area contributed by atoms with Crippen LogP contribution >= 0.6 is 0 Å². The summed E-state index contributed by atoms with van der Waals surface area (Å²) >= 11 is 0. The average Bonchev–Trinajstić information content (AvgIpc) is 2.51. The quantitative estimate of drug-likeness (QED) is 0.562. The minimum absolute atomic E-state index is 0.0250. The Balaban J connectivity index is 3.44. The molecular weight excluding hydrogens is 336 g/mol. The van der Waals surface area contributed by atoms with E-state index in [1.165, 1.54) is 0 Å². The fourth-order valence-corrected chi connectivity index (χ4v) is 4.41.